The average molecular weight is 246 g/mol. The highest BCUT2D eigenvalue weighted by molar-refractivity contribution is 7.46. The molecular formula is C5H11O9P. The summed E-state index contributed by atoms with van der Waals surface area (Å²) in [6, 6.07) is 0. The van der Waals surface area contributed by atoms with Gasteiger partial charge in [0, 0.05) is 0 Å². The Balaban J connectivity index is 2.82. The van der Waals surface area contributed by atoms with E-state index in [4.69, 9.17) is 20.0 Å². The van der Waals surface area contributed by atoms with Gasteiger partial charge in [-0.2, -0.15) is 0 Å². The van der Waals surface area contributed by atoms with E-state index in [2.05, 4.69) is 9.26 Å². The largest absolute Gasteiger partial charge is 0.474 e. The van der Waals surface area contributed by atoms with Crippen molar-refractivity contribution >= 4 is 7.82 Å². The standard InChI is InChI=1S/C5H11O9P/c6-1-2-3(7)4(8)5(9,13-2)14-15(10,11)12/h2-4,6-9H,1H2,(H2,10,11,12)/t2-,3-,4-,5+/m1/s1. The number of hydrogen-bond donors (Lipinski definition) is 6. The maximum Gasteiger partial charge on any atom is 0.474 e. The molecule has 0 aromatic rings. The lowest BCUT2D eigenvalue weighted by Gasteiger charge is -2.25. The van der Waals surface area contributed by atoms with Crippen molar-refractivity contribution in [2.75, 3.05) is 6.61 Å². The Morgan fingerprint density at radius 1 is 1.40 bits per heavy atom. The molecule has 1 aliphatic rings. The normalized spacial score (nSPS) is 42.1. The minimum absolute atomic E-state index is 0.759. The average Bonchev–Trinajstić information content (AvgIpc) is 2.27. The molecule has 0 saturated carbocycles. The molecule has 1 aliphatic heterocycles. The summed E-state index contributed by atoms with van der Waals surface area (Å²) in [4.78, 5) is 16.8. The molecule has 0 unspecified atom stereocenters. The molecule has 9 nitrogen and oxygen atoms in total. The molecular weight excluding hydrogens is 235 g/mol. The number of aliphatic hydroxyl groups is 4. The van der Waals surface area contributed by atoms with E-state index in [-0.39, 0.29) is 0 Å². The van der Waals surface area contributed by atoms with Crippen LogP contribution in [0.5, 0.6) is 0 Å². The summed E-state index contributed by atoms with van der Waals surface area (Å²) in [7, 11) is -5.11. The first-order valence-electron chi connectivity index (χ1n) is 3.83. The SMILES string of the molecule is O=P(O)(O)O[C@@]1(O)O[C@H](CO)[C@@H](O)[C@H]1O. The van der Waals surface area contributed by atoms with E-state index in [0.717, 1.165) is 0 Å². The van der Waals surface area contributed by atoms with Crippen LogP contribution in [0.1, 0.15) is 0 Å². The molecule has 1 heterocycles. The van der Waals surface area contributed by atoms with E-state index in [9.17, 15) is 14.8 Å². The van der Waals surface area contributed by atoms with Crippen molar-refractivity contribution in [3.8, 4) is 0 Å². The van der Waals surface area contributed by atoms with Gasteiger partial charge < -0.3 is 34.9 Å². The van der Waals surface area contributed by atoms with Crippen LogP contribution in [-0.4, -0.2) is 61.1 Å². The third kappa shape index (κ3) is 2.72. The molecule has 1 saturated heterocycles. The number of phosphoric acid groups is 1. The van der Waals surface area contributed by atoms with Gasteiger partial charge in [-0.15, -0.1) is 0 Å². The van der Waals surface area contributed by atoms with E-state index >= 15 is 0 Å². The molecule has 0 radical (unpaired) electrons. The molecule has 1 fully saturated rings. The lowest BCUT2D eigenvalue weighted by Crippen LogP contribution is -2.44. The van der Waals surface area contributed by atoms with Gasteiger partial charge in [-0.25, -0.2) is 9.09 Å². The van der Waals surface area contributed by atoms with Crippen molar-refractivity contribution < 1.29 is 44.0 Å². The van der Waals surface area contributed by atoms with Gasteiger partial charge in [-0.1, -0.05) is 0 Å². The lowest BCUT2D eigenvalue weighted by atomic mass is 10.1. The van der Waals surface area contributed by atoms with E-state index in [0.29, 0.717) is 0 Å². The van der Waals surface area contributed by atoms with Crippen LogP contribution < -0.4 is 0 Å². The first-order valence-corrected chi connectivity index (χ1v) is 5.36. The van der Waals surface area contributed by atoms with Crippen molar-refractivity contribution in [1.29, 1.82) is 0 Å². The fourth-order valence-corrected chi connectivity index (χ4v) is 1.66. The summed E-state index contributed by atoms with van der Waals surface area (Å²) in [6.45, 7) is -0.759. The number of rotatable bonds is 3. The Bertz CT molecular complexity index is 276. The number of aliphatic hydroxyl groups excluding tert-OH is 3. The zero-order valence-electron chi connectivity index (χ0n) is 7.29. The molecule has 0 amide bonds. The van der Waals surface area contributed by atoms with Gasteiger partial charge in [0.15, 0.2) is 6.10 Å². The third-order valence-electron chi connectivity index (χ3n) is 1.83. The van der Waals surface area contributed by atoms with Gasteiger partial charge >= 0.3 is 13.8 Å². The Labute approximate surface area is 83.7 Å². The molecule has 15 heavy (non-hydrogen) atoms. The summed E-state index contributed by atoms with van der Waals surface area (Å²) < 4.78 is 18.6. The van der Waals surface area contributed by atoms with Crippen LogP contribution in [0.4, 0.5) is 0 Å². The van der Waals surface area contributed by atoms with Crippen molar-refractivity contribution in [3.63, 3.8) is 0 Å². The smallest absolute Gasteiger partial charge is 0.394 e. The highest BCUT2D eigenvalue weighted by Gasteiger charge is 2.57. The lowest BCUT2D eigenvalue weighted by molar-refractivity contribution is -0.343. The van der Waals surface area contributed by atoms with E-state index in [1.807, 2.05) is 0 Å². The van der Waals surface area contributed by atoms with Crippen LogP contribution in [0.3, 0.4) is 0 Å². The maximum atomic E-state index is 10.4. The Morgan fingerprint density at radius 2 is 1.93 bits per heavy atom. The predicted octanol–water partition coefficient (Wildman–Crippen LogP) is -3.15. The second kappa shape index (κ2) is 4.06. The van der Waals surface area contributed by atoms with Gasteiger partial charge in [0.1, 0.15) is 12.2 Å². The number of phosphoric ester groups is 1. The highest BCUT2D eigenvalue weighted by Crippen LogP contribution is 2.45. The molecule has 4 atom stereocenters. The summed E-state index contributed by atoms with van der Waals surface area (Å²) in [5.41, 5.74) is 0. The molecule has 10 heteroatoms. The Kier molecular flexibility index (Phi) is 3.51. The summed E-state index contributed by atoms with van der Waals surface area (Å²) >= 11 is 0. The molecule has 1 rings (SSSR count). The van der Waals surface area contributed by atoms with Crippen molar-refractivity contribution in [2.24, 2.45) is 0 Å². The third-order valence-corrected chi connectivity index (χ3v) is 2.33. The monoisotopic (exact) mass is 246 g/mol. The van der Waals surface area contributed by atoms with Gasteiger partial charge in [0.05, 0.1) is 6.61 Å². The van der Waals surface area contributed by atoms with Crippen molar-refractivity contribution in [1.82, 2.24) is 0 Å². The van der Waals surface area contributed by atoms with Crippen molar-refractivity contribution in [3.05, 3.63) is 0 Å². The predicted molar refractivity (Wildman–Crippen MR) is 42.1 cm³/mol. The van der Waals surface area contributed by atoms with Crippen LogP contribution in [0.15, 0.2) is 0 Å². The summed E-state index contributed by atoms with van der Waals surface area (Å²) in [6.07, 6.45) is -5.20. The topological polar surface area (TPSA) is 157 Å². The fourth-order valence-electron chi connectivity index (χ4n) is 1.17. The Hall–Kier alpha value is -0.0900. The van der Waals surface area contributed by atoms with Crippen LogP contribution >= 0.6 is 7.82 Å². The maximum absolute atomic E-state index is 10.4. The van der Waals surface area contributed by atoms with E-state index in [1.54, 1.807) is 0 Å². The van der Waals surface area contributed by atoms with Crippen LogP contribution in [0, 0.1) is 0 Å². The zero-order chi connectivity index (χ0) is 11.9. The first kappa shape index (κ1) is 13.0. The summed E-state index contributed by atoms with van der Waals surface area (Å²) in [5.74, 6) is -3.04. The molecule has 0 aromatic carbocycles. The molecule has 0 aliphatic carbocycles. The van der Waals surface area contributed by atoms with Gasteiger partial charge in [-0.05, 0) is 0 Å². The molecule has 90 valence electrons. The minimum atomic E-state index is -5.11. The molecule has 0 aromatic heterocycles. The minimum Gasteiger partial charge on any atom is -0.394 e. The first-order chi connectivity index (χ1) is 6.69. The van der Waals surface area contributed by atoms with Crippen LogP contribution in [-0.2, 0) is 13.8 Å². The second-order valence-electron chi connectivity index (χ2n) is 2.99. The number of hydrogen-bond acceptors (Lipinski definition) is 7. The Morgan fingerprint density at radius 3 is 2.27 bits per heavy atom. The van der Waals surface area contributed by atoms with Crippen LogP contribution in [0.2, 0.25) is 0 Å². The molecule has 0 spiro atoms. The number of ether oxygens (including phenoxy) is 1. The zero-order valence-corrected chi connectivity index (χ0v) is 8.19. The van der Waals surface area contributed by atoms with E-state index in [1.165, 1.54) is 0 Å². The summed E-state index contributed by atoms with van der Waals surface area (Å²) in [5, 5.41) is 36.3. The van der Waals surface area contributed by atoms with Crippen LogP contribution in [0.25, 0.3) is 0 Å². The molecule has 0 bridgehead atoms. The highest BCUT2D eigenvalue weighted by atomic mass is 31.2. The van der Waals surface area contributed by atoms with Crippen molar-refractivity contribution in [2.45, 2.75) is 24.3 Å². The van der Waals surface area contributed by atoms with Gasteiger partial charge in [-0.3, -0.25) is 0 Å². The van der Waals surface area contributed by atoms with Gasteiger partial charge in [0.2, 0.25) is 0 Å². The van der Waals surface area contributed by atoms with E-state index < -0.39 is 38.7 Å². The quantitative estimate of drug-likeness (QED) is 0.223. The van der Waals surface area contributed by atoms with Gasteiger partial charge in [0.25, 0.3) is 0 Å². The second-order valence-corrected chi connectivity index (χ2v) is 4.15. The fraction of sp³-hybridized carbons (Fsp3) is 1.00. The molecule has 6 N–H and O–H groups in total.